The Kier molecular flexibility index (Phi) is 10.7. The third-order valence-electron chi connectivity index (χ3n) is 6.08. The maximum atomic E-state index is 13.2. The van der Waals surface area contributed by atoms with Crippen molar-refractivity contribution in [2.24, 2.45) is 5.92 Å². The van der Waals surface area contributed by atoms with Crippen LogP contribution >= 0.6 is 0 Å². The van der Waals surface area contributed by atoms with E-state index in [1.165, 1.54) is 0 Å². The number of carbonyl (C=O) groups excluding carboxylic acids is 3. The van der Waals surface area contributed by atoms with E-state index in [0.29, 0.717) is 19.4 Å². The third kappa shape index (κ3) is 8.67. The molecule has 1 aromatic carbocycles. The summed E-state index contributed by atoms with van der Waals surface area (Å²) in [6, 6.07) is 4.67. The molecule has 0 spiro atoms. The average Bonchev–Trinajstić information content (AvgIpc) is 3.36. The van der Waals surface area contributed by atoms with E-state index in [0.717, 1.165) is 12.0 Å². The number of carboxylic acids is 2. The lowest BCUT2D eigenvalue weighted by Crippen LogP contribution is -2.58. The molecule has 1 aromatic rings. The quantitative estimate of drug-likeness (QED) is 0.225. The molecule has 0 aromatic heterocycles. The predicted octanol–water partition coefficient (Wildman–Crippen LogP) is 0.0409. The standard InChI is InChI=1S/C24H34N4O7/c1-3-14(2)20(24(34)35)28-23(33)18(13-19(29)30)27-22(32)17(12-15-8-5-4-6-9-15)26-21(31)16-10-7-11-25-16/h4-6,8-9,14,16-18,20,25H,3,7,10-13H2,1-2H3,(H,26,31)(H,27,32)(H,28,33)(H,29,30)(H,34,35). The first-order valence-corrected chi connectivity index (χ1v) is 11.7. The van der Waals surface area contributed by atoms with Crippen LogP contribution in [0.25, 0.3) is 0 Å². The Labute approximate surface area is 204 Å². The highest BCUT2D eigenvalue weighted by Gasteiger charge is 2.33. The Balaban J connectivity index is 2.20. The summed E-state index contributed by atoms with van der Waals surface area (Å²) >= 11 is 0. The van der Waals surface area contributed by atoms with Gasteiger partial charge in [-0.15, -0.1) is 0 Å². The van der Waals surface area contributed by atoms with Gasteiger partial charge >= 0.3 is 11.9 Å². The first kappa shape index (κ1) is 27.8. The number of hydrogen-bond acceptors (Lipinski definition) is 6. The molecule has 1 fully saturated rings. The molecule has 0 aliphatic carbocycles. The number of amides is 3. The van der Waals surface area contributed by atoms with Crippen LogP contribution in [0.15, 0.2) is 30.3 Å². The molecule has 1 aliphatic rings. The molecule has 0 radical (unpaired) electrons. The molecule has 3 amide bonds. The molecule has 0 bridgehead atoms. The maximum Gasteiger partial charge on any atom is 0.326 e. The van der Waals surface area contributed by atoms with Crippen LogP contribution in [0, 0.1) is 5.92 Å². The van der Waals surface area contributed by atoms with Gasteiger partial charge in [0.05, 0.1) is 12.5 Å². The molecule has 2 rings (SSSR count). The third-order valence-corrected chi connectivity index (χ3v) is 6.08. The van der Waals surface area contributed by atoms with E-state index in [9.17, 15) is 34.2 Å². The van der Waals surface area contributed by atoms with Crippen molar-refractivity contribution in [3.8, 4) is 0 Å². The van der Waals surface area contributed by atoms with Gasteiger partial charge in [-0.05, 0) is 30.9 Å². The molecular weight excluding hydrogens is 456 g/mol. The van der Waals surface area contributed by atoms with Crippen molar-refractivity contribution in [2.75, 3.05) is 6.54 Å². The molecule has 11 heteroatoms. The monoisotopic (exact) mass is 490 g/mol. The van der Waals surface area contributed by atoms with Crippen LogP contribution in [-0.4, -0.2) is 70.6 Å². The maximum absolute atomic E-state index is 13.2. The summed E-state index contributed by atoms with van der Waals surface area (Å²) in [4.78, 5) is 61.6. The van der Waals surface area contributed by atoms with E-state index in [1.54, 1.807) is 38.1 Å². The first-order valence-electron chi connectivity index (χ1n) is 11.7. The van der Waals surface area contributed by atoms with Crippen molar-refractivity contribution < 1.29 is 34.2 Å². The number of carbonyl (C=O) groups is 5. The van der Waals surface area contributed by atoms with Gasteiger partial charge in [-0.25, -0.2) is 4.79 Å². The zero-order chi connectivity index (χ0) is 26.0. The summed E-state index contributed by atoms with van der Waals surface area (Å²) in [5, 5.41) is 29.2. The second-order valence-electron chi connectivity index (χ2n) is 8.77. The topological polar surface area (TPSA) is 174 Å². The minimum atomic E-state index is -1.52. The van der Waals surface area contributed by atoms with E-state index in [2.05, 4.69) is 21.3 Å². The fraction of sp³-hybridized carbons (Fsp3) is 0.542. The van der Waals surface area contributed by atoms with E-state index < -0.39 is 60.3 Å². The summed E-state index contributed by atoms with van der Waals surface area (Å²) in [6.07, 6.45) is 1.29. The Morgan fingerprint density at radius 2 is 1.66 bits per heavy atom. The van der Waals surface area contributed by atoms with Crippen LogP contribution in [0.2, 0.25) is 0 Å². The van der Waals surface area contributed by atoms with Crippen molar-refractivity contribution in [3.05, 3.63) is 35.9 Å². The molecule has 1 saturated heterocycles. The van der Waals surface area contributed by atoms with E-state index in [1.807, 2.05) is 6.07 Å². The average molecular weight is 491 g/mol. The van der Waals surface area contributed by atoms with E-state index in [-0.39, 0.29) is 12.3 Å². The highest BCUT2D eigenvalue weighted by molar-refractivity contribution is 5.95. The van der Waals surface area contributed by atoms with Crippen LogP contribution in [0.5, 0.6) is 0 Å². The van der Waals surface area contributed by atoms with Gasteiger partial charge in [-0.2, -0.15) is 0 Å². The highest BCUT2D eigenvalue weighted by Crippen LogP contribution is 2.10. The highest BCUT2D eigenvalue weighted by atomic mass is 16.4. The summed E-state index contributed by atoms with van der Waals surface area (Å²) in [7, 11) is 0. The second kappa shape index (κ2) is 13.4. The van der Waals surface area contributed by atoms with Gasteiger partial charge in [0.2, 0.25) is 17.7 Å². The molecule has 11 nitrogen and oxygen atoms in total. The molecule has 0 saturated carbocycles. The van der Waals surface area contributed by atoms with Gasteiger partial charge in [-0.1, -0.05) is 50.6 Å². The van der Waals surface area contributed by atoms with Crippen molar-refractivity contribution in [1.29, 1.82) is 0 Å². The molecule has 6 N–H and O–H groups in total. The predicted molar refractivity (Wildman–Crippen MR) is 126 cm³/mol. The van der Waals surface area contributed by atoms with Crippen LogP contribution in [0.4, 0.5) is 0 Å². The van der Waals surface area contributed by atoms with E-state index in [4.69, 9.17) is 0 Å². The van der Waals surface area contributed by atoms with Gasteiger partial charge in [0.15, 0.2) is 0 Å². The fourth-order valence-corrected chi connectivity index (χ4v) is 3.83. The molecule has 1 heterocycles. The number of hydrogen-bond donors (Lipinski definition) is 6. The van der Waals surface area contributed by atoms with Crippen molar-refractivity contribution in [3.63, 3.8) is 0 Å². The molecule has 1 aliphatic heterocycles. The second-order valence-corrected chi connectivity index (χ2v) is 8.77. The SMILES string of the molecule is CCC(C)C(NC(=O)C(CC(=O)O)NC(=O)C(Cc1ccccc1)NC(=O)C1CCCN1)C(=O)O. The number of rotatable bonds is 13. The Hall–Kier alpha value is -3.47. The first-order chi connectivity index (χ1) is 16.6. The van der Waals surface area contributed by atoms with Crippen molar-refractivity contribution in [2.45, 2.75) is 70.1 Å². The molecule has 192 valence electrons. The smallest absolute Gasteiger partial charge is 0.326 e. The van der Waals surface area contributed by atoms with Crippen LogP contribution < -0.4 is 21.3 Å². The molecule has 5 atom stereocenters. The van der Waals surface area contributed by atoms with Gasteiger partial charge in [0.25, 0.3) is 0 Å². The Bertz CT molecular complexity index is 902. The summed E-state index contributed by atoms with van der Waals surface area (Å²) < 4.78 is 0. The van der Waals surface area contributed by atoms with Gasteiger partial charge in [0.1, 0.15) is 18.1 Å². The lowest BCUT2D eigenvalue weighted by atomic mass is 9.98. The van der Waals surface area contributed by atoms with Crippen LogP contribution in [-0.2, 0) is 30.4 Å². The van der Waals surface area contributed by atoms with Crippen molar-refractivity contribution in [1.82, 2.24) is 21.3 Å². The summed E-state index contributed by atoms with van der Waals surface area (Å²) in [5.74, 6) is -5.04. The van der Waals surface area contributed by atoms with Gasteiger partial charge in [0, 0.05) is 6.42 Å². The Morgan fingerprint density at radius 3 is 2.20 bits per heavy atom. The normalized spacial score (nSPS) is 18.5. The summed E-state index contributed by atoms with van der Waals surface area (Å²) in [6.45, 7) is 4.10. The largest absolute Gasteiger partial charge is 0.481 e. The summed E-state index contributed by atoms with van der Waals surface area (Å²) in [5.41, 5.74) is 0.759. The molecule has 5 unspecified atom stereocenters. The van der Waals surface area contributed by atoms with Gasteiger partial charge in [-0.3, -0.25) is 19.2 Å². The molecule has 35 heavy (non-hydrogen) atoms. The van der Waals surface area contributed by atoms with Crippen molar-refractivity contribution >= 4 is 29.7 Å². The van der Waals surface area contributed by atoms with E-state index >= 15 is 0 Å². The fourth-order valence-electron chi connectivity index (χ4n) is 3.83. The van der Waals surface area contributed by atoms with Crippen LogP contribution in [0.1, 0.15) is 45.1 Å². The number of aliphatic carboxylic acids is 2. The molecular formula is C24H34N4O7. The van der Waals surface area contributed by atoms with Crippen LogP contribution in [0.3, 0.4) is 0 Å². The minimum Gasteiger partial charge on any atom is -0.481 e. The van der Waals surface area contributed by atoms with Gasteiger partial charge < -0.3 is 31.5 Å². The zero-order valence-electron chi connectivity index (χ0n) is 20.0. The number of nitrogens with one attached hydrogen (secondary N) is 4. The number of benzene rings is 1. The Morgan fingerprint density at radius 1 is 1.00 bits per heavy atom. The lowest BCUT2D eigenvalue weighted by molar-refractivity contribution is -0.144. The number of carboxylic acid groups (broad SMARTS) is 2. The minimum absolute atomic E-state index is 0.122. The lowest BCUT2D eigenvalue weighted by Gasteiger charge is -2.26. The zero-order valence-corrected chi connectivity index (χ0v) is 20.0.